The van der Waals surface area contributed by atoms with E-state index in [2.05, 4.69) is 79.2 Å². The van der Waals surface area contributed by atoms with Crippen LogP contribution in [0.1, 0.15) is 157 Å². The molecule has 10 fully saturated rings. The molecular weight excluding hydrogens is 1670 g/mol. The second kappa shape index (κ2) is 57.1. The molecule has 0 aromatic heterocycles. The third-order valence-corrected chi connectivity index (χ3v) is 22.6. The number of ether oxygens (including phenoxy) is 7. The Labute approximate surface area is 757 Å². The van der Waals surface area contributed by atoms with Gasteiger partial charge in [0.25, 0.3) is 0 Å². The molecule has 23 N–H and O–H groups in total. The number of nitrogens with one attached hydrogen (secondary N) is 4. The second-order valence-electron chi connectivity index (χ2n) is 31.7. The number of ketones is 1. The summed E-state index contributed by atoms with van der Waals surface area (Å²) in [7, 11) is 7.59. The summed E-state index contributed by atoms with van der Waals surface area (Å²) < 4.78 is 80.5. The maximum absolute atomic E-state index is 11.6. The number of esters is 6. The molecule has 0 bridgehead atoms. The molecule has 9 aliphatic carbocycles. The van der Waals surface area contributed by atoms with Crippen molar-refractivity contribution in [3.05, 3.63) is 85.1 Å². The number of aliphatic carboxylic acids is 2. The monoisotopic (exact) mass is 1820 g/mol. The van der Waals surface area contributed by atoms with Crippen molar-refractivity contribution in [1.82, 2.24) is 27.4 Å². The highest BCUT2D eigenvalue weighted by atomic mass is 16.6. The summed E-state index contributed by atoms with van der Waals surface area (Å²) in [6, 6.07) is 0. The number of epoxide rings is 1. The fourth-order valence-electron chi connectivity index (χ4n) is 16.3. The first-order valence-electron chi connectivity index (χ1n) is 45.4. The molecule has 0 aromatic carbocycles. The number of nitrogens with two attached hydrogens (primary N) is 7. The van der Waals surface area contributed by atoms with Gasteiger partial charge in [0.15, 0.2) is 8.47 Å². The first kappa shape index (κ1) is 103. The standard InChI is InChI=1S/2C12H18O4.C10H15NO3.C10H14O4.C9H14N2O3.2C9H14N2O2.C8H12N2O3.C8H11NO3.CH5N.H3N/c2*1-4-15-11(13)9-6-8(3)7-10(9)12(14)16-5-2;2*1-3-14-10(13)8-5-6(2)4-7(8)9(11)12;1-11-8(13)6-3-9(4-14-9)2-5(6)7(10)12;2*1-5-3-6(8(10)12)7(4-5)9(13)11-2;1-10-8(13)6-3-4(11)2-5(6)7(9)12;1-4-2-5(7(9)10)6(3-4)8(11)12;1-2;/h2*9-10H,3-7H2,1-2H3;7-8H,2-5H2,1H3,(H2,11,12);7-8H,2-5H2,1H3,(H,11,12);5-6H,2-4H2,1H3,(H2,10,12)(H,11,13);2*6-7H,1,3-4H2,2H3,(H2,10,12)(H,11,13);5-6H,2-3H2,1H3,(H2,9,12)(H,10,13);5-6H,1-3H2,(H2,9,10)(H,11,12);2H2,1H3;1H3/t2*9-,10+;2*7-,8-;5-,6-,9?;6-,7+;6-,7-;2*5-,6-;;/m..0000000../s1/i/hD7. The van der Waals surface area contributed by atoms with Gasteiger partial charge < -0.3 is 111 Å². The lowest BCUT2D eigenvalue weighted by Gasteiger charge is -2.15. The van der Waals surface area contributed by atoms with Crippen molar-refractivity contribution >= 4 is 113 Å². The summed E-state index contributed by atoms with van der Waals surface area (Å²) in [6.45, 7) is 39.3. The Kier molecular flexibility index (Phi) is 46.1. The number of amides is 10. The van der Waals surface area contributed by atoms with Gasteiger partial charge in [0.1, 0.15) is 7.20 Å². The minimum absolute atomic E-state index is 0.0583. The minimum Gasteiger partial charge on any atom is -0.481 e. The van der Waals surface area contributed by atoms with Gasteiger partial charge in [-0.05, 0) is 151 Å². The normalized spacial score (nSPS) is 27.7. The van der Waals surface area contributed by atoms with Crippen LogP contribution >= 0.6 is 0 Å². The zero-order chi connectivity index (χ0) is 104. The van der Waals surface area contributed by atoms with Crippen molar-refractivity contribution in [2.75, 3.05) is 81.5 Å². The third-order valence-electron chi connectivity index (χ3n) is 22.6. The van der Waals surface area contributed by atoms with Crippen molar-refractivity contribution < 1.29 is 144 Å². The fraction of sp³-hybridized carbons (Fsp3) is 0.625. The highest BCUT2D eigenvalue weighted by Gasteiger charge is 2.58. The molecule has 1 saturated heterocycles. The topological polar surface area (TPSA) is 698 Å². The van der Waals surface area contributed by atoms with Gasteiger partial charge in [0.05, 0.1) is 158 Å². The molecule has 0 radical (unpaired) electrons. The maximum Gasteiger partial charge on any atom is 0.310 e. The number of allylic oxidation sites excluding steroid dienone is 7. The van der Waals surface area contributed by atoms with Crippen molar-refractivity contribution in [2.45, 2.75) is 163 Å². The van der Waals surface area contributed by atoms with Crippen LogP contribution < -0.4 is 67.5 Å². The first-order valence-corrected chi connectivity index (χ1v) is 41.8. The molecule has 0 aromatic rings. The predicted molar refractivity (Wildman–Crippen MR) is 465 cm³/mol. The first-order chi connectivity index (χ1) is 63.8. The number of primary amides is 6. The van der Waals surface area contributed by atoms with Gasteiger partial charge in [-0.3, -0.25) is 91.1 Å². The molecule has 19 atom stereocenters. The summed E-state index contributed by atoms with van der Waals surface area (Å²) in [4.78, 5) is 215. The number of carbonyl (C=O) groups excluding carboxylic acids is 17. The van der Waals surface area contributed by atoms with Crippen molar-refractivity contribution in [1.29, 1.82) is 0 Å². The van der Waals surface area contributed by atoms with Crippen LogP contribution in [0.5, 0.6) is 0 Å². The van der Waals surface area contributed by atoms with Gasteiger partial charge in [0, 0.05) is 41.0 Å². The van der Waals surface area contributed by atoms with Gasteiger partial charge in [-0.1, -0.05) is 85.1 Å². The summed E-state index contributed by atoms with van der Waals surface area (Å²) in [6.07, 6.45) is 11.7. The Morgan fingerprint density at radius 1 is 0.320 bits per heavy atom. The predicted octanol–water partition coefficient (Wildman–Crippen LogP) is 2.53. The number of carboxylic acids is 2. The van der Waals surface area contributed by atoms with Crippen LogP contribution in [-0.4, -0.2) is 210 Å². The highest BCUT2D eigenvalue weighted by Crippen LogP contribution is 2.50. The fourth-order valence-corrected chi connectivity index (χ4v) is 16.3. The lowest BCUT2D eigenvalue weighted by atomic mass is 9.95. The van der Waals surface area contributed by atoms with Crippen LogP contribution in [0.15, 0.2) is 85.1 Å². The molecule has 1 heterocycles. The Hall–Kier alpha value is -11.8. The summed E-state index contributed by atoms with van der Waals surface area (Å²) >= 11 is 0. The molecule has 10 rings (SSSR count). The smallest absolute Gasteiger partial charge is 0.310 e. The molecule has 10 aliphatic rings. The van der Waals surface area contributed by atoms with Crippen LogP contribution in [-0.2, 0) is 124 Å². The molecule has 718 valence electrons. The Bertz CT molecular complexity index is 3860. The number of Topliss-reactive ketones (excluding diaryl/α,β-unsaturated/α-hetero) is 1. The largest absolute Gasteiger partial charge is 0.481 e. The Morgan fingerprint density at radius 3 is 0.719 bits per heavy atom. The van der Waals surface area contributed by atoms with E-state index >= 15 is 0 Å². The van der Waals surface area contributed by atoms with E-state index in [1.54, 1.807) is 74.1 Å². The molecule has 40 nitrogen and oxygen atoms in total. The van der Waals surface area contributed by atoms with E-state index in [4.69, 9.17) is 53.3 Å². The molecule has 1 unspecified atom stereocenters. The third kappa shape index (κ3) is 36.1. The van der Waals surface area contributed by atoms with Crippen LogP contribution in [0.3, 0.4) is 0 Å². The second-order valence-corrected chi connectivity index (χ2v) is 31.7. The zero-order valence-corrected chi connectivity index (χ0v) is 75.2. The van der Waals surface area contributed by atoms with Gasteiger partial charge in [0.2, 0.25) is 59.1 Å². The molecule has 1 aliphatic heterocycles. The minimum atomic E-state index is -0.993. The summed E-state index contributed by atoms with van der Waals surface area (Å²) in [5.74, 6) is -16.4. The van der Waals surface area contributed by atoms with Crippen molar-refractivity contribution in [2.24, 2.45) is 147 Å². The molecule has 9 saturated carbocycles. The van der Waals surface area contributed by atoms with Crippen molar-refractivity contribution in [3.8, 4) is 0 Å². The average molecular weight is 1820 g/mol. The van der Waals surface area contributed by atoms with E-state index in [0.29, 0.717) is 142 Å². The van der Waals surface area contributed by atoms with Crippen LogP contribution in [0, 0.1) is 107 Å². The number of hydrogen-bond donors (Lipinski definition) is 14. The maximum atomic E-state index is 11.6. The molecule has 1 spiro atoms. The van der Waals surface area contributed by atoms with Crippen molar-refractivity contribution in [3.63, 3.8) is 0 Å². The number of rotatable bonds is 24. The molecule has 40 heteroatoms. The van der Waals surface area contributed by atoms with E-state index in [-0.39, 0.29) is 102 Å². The highest BCUT2D eigenvalue weighted by molar-refractivity contribution is 5.98. The van der Waals surface area contributed by atoms with Gasteiger partial charge in [-0.15, -0.1) is 0 Å². The van der Waals surface area contributed by atoms with E-state index in [1.807, 2.05) is 22.9 Å². The quantitative estimate of drug-likeness (QED) is 0.0286. The zero-order valence-electron chi connectivity index (χ0n) is 82.2. The lowest BCUT2D eigenvalue weighted by Crippen LogP contribution is -2.35. The molecule has 128 heavy (non-hydrogen) atoms. The lowest BCUT2D eigenvalue weighted by molar-refractivity contribution is -0.158. The average Bonchev–Trinajstić information content (AvgIpc) is 1.59. The van der Waals surface area contributed by atoms with Crippen LogP contribution in [0.4, 0.5) is 0 Å². The van der Waals surface area contributed by atoms with Gasteiger partial charge >= 0.3 is 47.8 Å². The summed E-state index contributed by atoms with van der Waals surface area (Å²) in [5.41, 5.74) is 21.1. The number of carboxylic acid groups (broad SMARTS) is 2. The Morgan fingerprint density at radius 2 is 0.484 bits per heavy atom. The SMILES string of the molecule is C=C1C[C@H](C(=O)O)[C@@H](C(=O)OCC)C1.C=C1C[C@H](C(=O)OCC)[C@H](C(=O)OCC)C1.C=C1C[C@H](C(=O)OCC)[C@H](C(=O)OCC)C1.CN.[2H]N.[2H]NC(=O)[C@H]1CC(=C)C[C@@H]1C(=O)NC.[2H]NC(=O)[C@H]1CC(=C)C[C@@H]1C(=O)O.[2H]NC(=O)[C@H]1CC(=C)C[C@@H]1C(=O)OCC.[2H]NC(=O)[C@H]1CC(=C)C[C@H]1C(=O)NC.[2H]NC(=O)[C@H]1CC(=O)C[C@@H]1C(=O)NC.[2H]NC(=O)[C@H]1CC2(CO2)C[C@@H]1C(=O)NC. The van der Waals surface area contributed by atoms with E-state index in [1.165, 1.54) is 14.1 Å². The molecular formula is C88H138N12O28. The number of hydrogen-bond acceptors (Lipinski definition) is 28. The van der Waals surface area contributed by atoms with Gasteiger partial charge in [-0.25, -0.2) is 0 Å². The van der Waals surface area contributed by atoms with E-state index in [0.717, 1.165) is 39.0 Å². The molecule has 10 amide bonds. The van der Waals surface area contributed by atoms with Gasteiger partial charge in [-0.2, -0.15) is 0 Å². The van der Waals surface area contributed by atoms with Crippen LogP contribution in [0.25, 0.3) is 0 Å². The van der Waals surface area contributed by atoms with Crippen LogP contribution in [0.2, 0.25) is 9.88 Å². The number of carbonyl (C=O) groups is 19. The van der Waals surface area contributed by atoms with E-state index < -0.39 is 142 Å². The Balaban J connectivity index is 0.00000149. The summed E-state index contributed by atoms with van der Waals surface area (Å²) in [5, 5.41) is 27.6. The van der Waals surface area contributed by atoms with E-state index in [9.17, 15) is 91.1 Å².